The van der Waals surface area contributed by atoms with Crippen LogP contribution in [-0.2, 0) is 4.74 Å². The third-order valence-electron chi connectivity index (χ3n) is 3.11. The number of aromatic nitrogens is 3. The standard InChI is InChI=1S/C16H15N3O2/c1-3-21-16(20)13-10-15-17-11(2)9-14(19(15)18-13)12-7-5-4-6-8-12/h4-10H,3H2,1-2H3. The number of benzene rings is 1. The Kier molecular flexibility index (Phi) is 3.39. The molecule has 0 atom stereocenters. The molecule has 0 saturated heterocycles. The summed E-state index contributed by atoms with van der Waals surface area (Å²) in [5.74, 6) is -0.431. The fourth-order valence-corrected chi connectivity index (χ4v) is 2.22. The zero-order valence-electron chi connectivity index (χ0n) is 11.9. The normalized spacial score (nSPS) is 10.8. The van der Waals surface area contributed by atoms with Crippen LogP contribution in [-0.4, -0.2) is 27.2 Å². The zero-order valence-corrected chi connectivity index (χ0v) is 11.9. The van der Waals surface area contributed by atoms with Crippen molar-refractivity contribution in [2.45, 2.75) is 13.8 Å². The van der Waals surface area contributed by atoms with Gasteiger partial charge in [0.1, 0.15) is 0 Å². The van der Waals surface area contributed by atoms with Gasteiger partial charge in [0.2, 0.25) is 0 Å². The van der Waals surface area contributed by atoms with Gasteiger partial charge in [0.25, 0.3) is 0 Å². The Morgan fingerprint density at radius 3 is 2.71 bits per heavy atom. The summed E-state index contributed by atoms with van der Waals surface area (Å²) in [4.78, 5) is 16.2. The number of aryl methyl sites for hydroxylation is 1. The Morgan fingerprint density at radius 2 is 2.00 bits per heavy atom. The molecule has 0 spiro atoms. The molecule has 0 saturated carbocycles. The number of hydrogen-bond acceptors (Lipinski definition) is 4. The van der Waals surface area contributed by atoms with Gasteiger partial charge < -0.3 is 4.74 Å². The minimum absolute atomic E-state index is 0.270. The van der Waals surface area contributed by atoms with Gasteiger partial charge in [-0.15, -0.1) is 0 Å². The maximum absolute atomic E-state index is 11.8. The number of carbonyl (C=O) groups excluding carboxylic acids is 1. The summed E-state index contributed by atoms with van der Waals surface area (Å²) in [6, 6.07) is 13.5. The van der Waals surface area contributed by atoms with Gasteiger partial charge in [-0.25, -0.2) is 14.3 Å². The second-order valence-electron chi connectivity index (χ2n) is 4.67. The van der Waals surface area contributed by atoms with Crippen molar-refractivity contribution < 1.29 is 9.53 Å². The number of hydrogen-bond donors (Lipinski definition) is 0. The summed E-state index contributed by atoms with van der Waals surface area (Å²) in [5, 5.41) is 4.33. The summed E-state index contributed by atoms with van der Waals surface area (Å²) in [6.45, 7) is 4.01. The topological polar surface area (TPSA) is 56.5 Å². The largest absolute Gasteiger partial charge is 0.461 e. The highest BCUT2D eigenvalue weighted by Crippen LogP contribution is 2.21. The van der Waals surface area contributed by atoms with Crippen LogP contribution < -0.4 is 0 Å². The highest BCUT2D eigenvalue weighted by atomic mass is 16.5. The molecule has 5 heteroatoms. The van der Waals surface area contributed by atoms with E-state index in [0.29, 0.717) is 12.3 Å². The van der Waals surface area contributed by atoms with E-state index in [0.717, 1.165) is 17.0 Å². The predicted octanol–water partition coefficient (Wildman–Crippen LogP) is 2.88. The third-order valence-corrected chi connectivity index (χ3v) is 3.11. The molecule has 3 rings (SSSR count). The highest BCUT2D eigenvalue weighted by molar-refractivity contribution is 5.88. The number of esters is 1. The molecule has 3 aromatic rings. The van der Waals surface area contributed by atoms with Crippen molar-refractivity contribution in [2.24, 2.45) is 0 Å². The summed E-state index contributed by atoms with van der Waals surface area (Å²) < 4.78 is 6.67. The highest BCUT2D eigenvalue weighted by Gasteiger charge is 2.15. The predicted molar refractivity (Wildman–Crippen MR) is 79.1 cm³/mol. The van der Waals surface area contributed by atoms with Crippen molar-refractivity contribution in [2.75, 3.05) is 6.61 Å². The lowest BCUT2D eigenvalue weighted by Gasteiger charge is -2.05. The monoisotopic (exact) mass is 281 g/mol. The molecule has 0 radical (unpaired) electrons. The third kappa shape index (κ3) is 2.50. The van der Waals surface area contributed by atoms with Crippen LogP contribution >= 0.6 is 0 Å². The maximum atomic E-state index is 11.8. The Bertz CT molecular complexity index is 794. The van der Waals surface area contributed by atoms with Crippen molar-refractivity contribution in [3.63, 3.8) is 0 Å². The van der Waals surface area contributed by atoms with Crippen LogP contribution in [0.3, 0.4) is 0 Å². The van der Waals surface area contributed by atoms with E-state index < -0.39 is 5.97 Å². The molecule has 2 heterocycles. The number of nitrogens with zero attached hydrogens (tertiary/aromatic N) is 3. The molecule has 5 nitrogen and oxygen atoms in total. The SMILES string of the molecule is CCOC(=O)c1cc2nc(C)cc(-c3ccccc3)n2n1. The van der Waals surface area contributed by atoms with Crippen LogP contribution in [0, 0.1) is 6.92 Å². The minimum atomic E-state index is -0.431. The molecular formula is C16H15N3O2. The first kappa shape index (κ1) is 13.3. The Labute approximate surface area is 122 Å². The van der Waals surface area contributed by atoms with Crippen LogP contribution in [0.25, 0.3) is 16.9 Å². The van der Waals surface area contributed by atoms with E-state index in [9.17, 15) is 4.79 Å². The fourth-order valence-electron chi connectivity index (χ4n) is 2.22. The van der Waals surface area contributed by atoms with Gasteiger partial charge >= 0.3 is 5.97 Å². The lowest BCUT2D eigenvalue weighted by atomic mass is 10.1. The van der Waals surface area contributed by atoms with Crippen molar-refractivity contribution in [1.82, 2.24) is 14.6 Å². The molecule has 0 aliphatic carbocycles. The number of rotatable bonds is 3. The van der Waals surface area contributed by atoms with Gasteiger partial charge in [0.15, 0.2) is 11.3 Å². The number of fused-ring (bicyclic) bond motifs is 1. The summed E-state index contributed by atoms with van der Waals surface area (Å²) in [7, 11) is 0. The van der Waals surface area contributed by atoms with Crippen LogP contribution in [0.1, 0.15) is 23.1 Å². The lowest BCUT2D eigenvalue weighted by molar-refractivity contribution is 0.0519. The Morgan fingerprint density at radius 1 is 1.24 bits per heavy atom. The summed E-state index contributed by atoms with van der Waals surface area (Å²) in [6.07, 6.45) is 0. The average Bonchev–Trinajstić information content (AvgIpc) is 2.91. The second-order valence-corrected chi connectivity index (χ2v) is 4.67. The van der Waals surface area contributed by atoms with Crippen LogP contribution in [0.5, 0.6) is 0 Å². The van der Waals surface area contributed by atoms with Crippen molar-refractivity contribution in [3.05, 3.63) is 53.9 Å². The van der Waals surface area contributed by atoms with E-state index in [-0.39, 0.29) is 5.69 Å². The molecular weight excluding hydrogens is 266 g/mol. The van der Waals surface area contributed by atoms with Crippen molar-refractivity contribution in [3.8, 4) is 11.3 Å². The van der Waals surface area contributed by atoms with Crippen molar-refractivity contribution in [1.29, 1.82) is 0 Å². The van der Waals surface area contributed by atoms with E-state index in [4.69, 9.17) is 4.74 Å². The molecule has 0 N–H and O–H groups in total. The molecule has 0 fully saturated rings. The van der Waals surface area contributed by atoms with Crippen LogP contribution in [0.2, 0.25) is 0 Å². The smallest absolute Gasteiger partial charge is 0.358 e. The molecule has 0 aliphatic heterocycles. The van der Waals surface area contributed by atoms with Gasteiger partial charge in [0, 0.05) is 17.3 Å². The van der Waals surface area contributed by atoms with Gasteiger partial charge in [0.05, 0.1) is 12.3 Å². The van der Waals surface area contributed by atoms with Crippen LogP contribution in [0.15, 0.2) is 42.5 Å². The molecule has 0 aliphatic rings. The van der Waals surface area contributed by atoms with E-state index in [1.807, 2.05) is 43.3 Å². The molecule has 21 heavy (non-hydrogen) atoms. The van der Waals surface area contributed by atoms with E-state index in [1.165, 1.54) is 0 Å². The van der Waals surface area contributed by atoms with Gasteiger partial charge in [-0.2, -0.15) is 5.10 Å². The molecule has 0 amide bonds. The summed E-state index contributed by atoms with van der Waals surface area (Å²) >= 11 is 0. The lowest BCUT2D eigenvalue weighted by Crippen LogP contribution is -2.06. The molecule has 0 bridgehead atoms. The molecule has 2 aromatic heterocycles. The number of ether oxygens (including phenoxy) is 1. The van der Waals surface area contributed by atoms with E-state index in [1.54, 1.807) is 17.5 Å². The van der Waals surface area contributed by atoms with Gasteiger partial charge in [-0.05, 0) is 19.9 Å². The first-order valence-electron chi connectivity index (χ1n) is 6.79. The quantitative estimate of drug-likeness (QED) is 0.693. The molecule has 106 valence electrons. The summed E-state index contributed by atoms with van der Waals surface area (Å²) in [5.41, 5.74) is 3.70. The average molecular weight is 281 g/mol. The fraction of sp³-hybridized carbons (Fsp3) is 0.188. The zero-order chi connectivity index (χ0) is 14.8. The van der Waals surface area contributed by atoms with Gasteiger partial charge in [-0.1, -0.05) is 30.3 Å². The first-order valence-corrected chi connectivity index (χ1v) is 6.79. The second kappa shape index (κ2) is 5.36. The first-order chi connectivity index (χ1) is 10.2. The van der Waals surface area contributed by atoms with Crippen LogP contribution in [0.4, 0.5) is 0 Å². The molecule has 0 unspecified atom stereocenters. The molecule has 1 aromatic carbocycles. The van der Waals surface area contributed by atoms with E-state index >= 15 is 0 Å². The number of carbonyl (C=O) groups is 1. The van der Waals surface area contributed by atoms with Crippen molar-refractivity contribution >= 4 is 11.6 Å². The van der Waals surface area contributed by atoms with E-state index in [2.05, 4.69) is 10.1 Å². The van der Waals surface area contributed by atoms with Gasteiger partial charge in [-0.3, -0.25) is 0 Å². The maximum Gasteiger partial charge on any atom is 0.358 e. The Hall–Kier alpha value is -2.69. The minimum Gasteiger partial charge on any atom is -0.461 e. The Balaban J connectivity index is 2.18.